The molecule has 0 N–H and O–H groups in total. The zero-order valence-corrected chi connectivity index (χ0v) is 12.9. The zero-order chi connectivity index (χ0) is 12.3. The highest BCUT2D eigenvalue weighted by atomic mass is 79.9. The Hall–Kier alpha value is -0.280. The number of hydrogen-bond acceptors (Lipinski definition) is 2. The molecule has 0 saturated heterocycles. The van der Waals surface area contributed by atoms with Crippen LogP contribution in [0.2, 0.25) is 0 Å². The van der Waals surface area contributed by atoms with Gasteiger partial charge >= 0.3 is 0 Å². The molecule has 3 heteroatoms. The van der Waals surface area contributed by atoms with Crippen LogP contribution in [0.15, 0.2) is 27.1 Å². The second kappa shape index (κ2) is 5.37. The molecule has 1 nitrogen and oxygen atoms in total. The Kier molecular flexibility index (Phi) is 4.62. The summed E-state index contributed by atoms with van der Waals surface area (Å²) < 4.78 is 5.89. The number of halogens is 1. The molecular formula is C13H18BrNS. The van der Waals surface area contributed by atoms with Crippen molar-refractivity contribution in [1.29, 1.82) is 0 Å². The Morgan fingerprint density at radius 1 is 1.31 bits per heavy atom. The smallest absolute Gasteiger partial charge is 0.0531 e. The van der Waals surface area contributed by atoms with Crippen LogP contribution in [0.3, 0.4) is 0 Å². The van der Waals surface area contributed by atoms with E-state index < -0.39 is 0 Å². The van der Waals surface area contributed by atoms with Gasteiger partial charge in [0.15, 0.2) is 0 Å². The number of benzene rings is 1. The molecule has 0 heterocycles. The van der Waals surface area contributed by atoms with Crippen molar-refractivity contribution in [2.45, 2.75) is 39.4 Å². The first-order chi connectivity index (χ1) is 7.31. The fourth-order valence-corrected chi connectivity index (χ4v) is 2.13. The van der Waals surface area contributed by atoms with Gasteiger partial charge in [-0.15, -0.1) is 0 Å². The van der Waals surface area contributed by atoms with Crippen LogP contribution in [-0.2, 0) is 0 Å². The largest absolute Gasteiger partial charge is 0.220 e. The average molecular weight is 300 g/mol. The highest BCUT2D eigenvalue weighted by molar-refractivity contribution is 9.10. The summed E-state index contributed by atoms with van der Waals surface area (Å²) in [6, 6.07) is 6.22. The molecule has 0 aliphatic rings. The van der Waals surface area contributed by atoms with Crippen molar-refractivity contribution < 1.29 is 0 Å². The summed E-state index contributed by atoms with van der Waals surface area (Å²) in [5.41, 5.74) is 3.54. The van der Waals surface area contributed by atoms with Crippen LogP contribution in [-0.4, -0.2) is 10.5 Å². The first-order valence-electron chi connectivity index (χ1n) is 5.29. The first-order valence-corrected chi connectivity index (χ1v) is 6.86. The maximum absolute atomic E-state index is 4.58. The molecule has 0 radical (unpaired) electrons. The lowest BCUT2D eigenvalue weighted by molar-refractivity contribution is 0.804. The summed E-state index contributed by atoms with van der Waals surface area (Å²) in [6.07, 6.45) is 0. The lowest BCUT2D eigenvalue weighted by Crippen LogP contribution is -2.07. The van der Waals surface area contributed by atoms with Gasteiger partial charge in [-0.2, -0.15) is 0 Å². The predicted molar refractivity (Wildman–Crippen MR) is 78.4 cm³/mol. The van der Waals surface area contributed by atoms with E-state index in [1.807, 2.05) is 6.07 Å². The molecule has 0 aliphatic carbocycles. The van der Waals surface area contributed by atoms with E-state index in [-0.39, 0.29) is 4.75 Å². The number of hydrogen-bond donors (Lipinski definition) is 0. The number of nitrogens with zero attached hydrogens (tertiary/aromatic N) is 1. The van der Waals surface area contributed by atoms with Gasteiger partial charge in [0.05, 0.1) is 5.71 Å². The molecule has 0 saturated carbocycles. The van der Waals surface area contributed by atoms with Crippen molar-refractivity contribution in [2.75, 3.05) is 0 Å². The molecule has 1 aromatic rings. The van der Waals surface area contributed by atoms with Gasteiger partial charge in [-0.25, -0.2) is 4.40 Å². The minimum Gasteiger partial charge on any atom is -0.220 e. The maximum Gasteiger partial charge on any atom is 0.0531 e. The van der Waals surface area contributed by atoms with Crippen LogP contribution in [0.5, 0.6) is 0 Å². The topological polar surface area (TPSA) is 12.4 Å². The average Bonchev–Trinajstić information content (AvgIpc) is 2.17. The van der Waals surface area contributed by atoms with E-state index >= 15 is 0 Å². The molecule has 16 heavy (non-hydrogen) atoms. The van der Waals surface area contributed by atoms with Gasteiger partial charge < -0.3 is 0 Å². The van der Waals surface area contributed by atoms with E-state index in [2.05, 4.69) is 67.1 Å². The molecule has 0 atom stereocenters. The highest BCUT2D eigenvalue weighted by Gasteiger charge is 2.11. The summed E-state index contributed by atoms with van der Waals surface area (Å²) in [5.74, 6) is 0. The van der Waals surface area contributed by atoms with Crippen molar-refractivity contribution in [1.82, 2.24) is 0 Å². The molecule has 0 spiro atoms. The quantitative estimate of drug-likeness (QED) is 0.552. The minimum absolute atomic E-state index is 0.168. The maximum atomic E-state index is 4.58. The highest BCUT2D eigenvalue weighted by Crippen LogP contribution is 2.26. The molecule has 88 valence electrons. The third-order valence-corrected chi connectivity index (χ3v) is 3.89. The summed E-state index contributed by atoms with van der Waals surface area (Å²) in [4.78, 5) is 0. The Balaban J connectivity index is 2.97. The van der Waals surface area contributed by atoms with E-state index in [9.17, 15) is 0 Å². The molecule has 1 aromatic carbocycles. The van der Waals surface area contributed by atoms with Crippen LogP contribution in [0.4, 0.5) is 0 Å². The Morgan fingerprint density at radius 2 is 1.94 bits per heavy atom. The third kappa shape index (κ3) is 3.95. The van der Waals surface area contributed by atoms with E-state index in [4.69, 9.17) is 0 Å². The normalized spacial score (nSPS) is 13.0. The fourth-order valence-electron chi connectivity index (χ4n) is 1.25. The molecule has 0 fully saturated rings. The van der Waals surface area contributed by atoms with Crippen molar-refractivity contribution >= 4 is 33.6 Å². The van der Waals surface area contributed by atoms with Crippen molar-refractivity contribution in [3.05, 3.63) is 33.8 Å². The zero-order valence-electron chi connectivity index (χ0n) is 10.5. The summed E-state index contributed by atoms with van der Waals surface area (Å²) >= 11 is 5.17. The molecule has 0 bridgehead atoms. The predicted octanol–water partition coefficient (Wildman–Crippen LogP) is 5.01. The summed E-state index contributed by atoms with van der Waals surface area (Å²) in [6.45, 7) is 10.7. The monoisotopic (exact) mass is 299 g/mol. The van der Waals surface area contributed by atoms with Gasteiger partial charge in [0, 0.05) is 14.8 Å². The fraction of sp³-hybridized carbons (Fsp3) is 0.462. The lowest BCUT2D eigenvalue weighted by atomic mass is 10.1. The van der Waals surface area contributed by atoms with Gasteiger partial charge in [-0.3, -0.25) is 0 Å². The summed E-state index contributed by atoms with van der Waals surface area (Å²) in [7, 11) is 0. The minimum atomic E-state index is 0.168. The molecule has 0 aromatic heterocycles. The van der Waals surface area contributed by atoms with Gasteiger partial charge in [-0.05, 0) is 58.2 Å². The molecule has 1 rings (SSSR count). The van der Waals surface area contributed by atoms with Gasteiger partial charge in [0.25, 0.3) is 0 Å². The molecule has 0 unspecified atom stereocenters. The van der Waals surface area contributed by atoms with Crippen LogP contribution >= 0.6 is 27.9 Å². The first kappa shape index (κ1) is 13.8. The van der Waals surface area contributed by atoms with E-state index in [1.165, 1.54) is 11.1 Å². The standard InChI is InChI=1S/C13H18BrNS/c1-9-11(7-6-8-12(9)14)10(2)15-16-13(3,4)5/h6-8H,1-5H3/b15-10+. The second-order valence-electron chi connectivity index (χ2n) is 4.79. The van der Waals surface area contributed by atoms with Crippen molar-refractivity contribution in [3.8, 4) is 0 Å². The second-order valence-corrected chi connectivity index (χ2v) is 7.24. The van der Waals surface area contributed by atoms with Gasteiger partial charge in [0.1, 0.15) is 0 Å². The van der Waals surface area contributed by atoms with Gasteiger partial charge in [-0.1, -0.05) is 28.1 Å². The van der Waals surface area contributed by atoms with Crippen molar-refractivity contribution in [2.24, 2.45) is 4.40 Å². The third-order valence-electron chi connectivity index (χ3n) is 2.11. The Labute approximate surface area is 111 Å². The molecule has 0 amide bonds. The Morgan fingerprint density at radius 3 is 2.50 bits per heavy atom. The van der Waals surface area contributed by atoms with Crippen LogP contribution in [0.1, 0.15) is 38.8 Å². The lowest BCUT2D eigenvalue weighted by Gasteiger charge is -2.14. The van der Waals surface area contributed by atoms with Crippen LogP contribution in [0, 0.1) is 6.92 Å². The summed E-state index contributed by atoms with van der Waals surface area (Å²) in [5, 5.41) is 0. The van der Waals surface area contributed by atoms with Crippen LogP contribution in [0.25, 0.3) is 0 Å². The van der Waals surface area contributed by atoms with Gasteiger partial charge in [0.2, 0.25) is 0 Å². The molecule has 0 aliphatic heterocycles. The van der Waals surface area contributed by atoms with E-state index in [1.54, 1.807) is 11.9 Å². The molecular weight excluding hydrogens is 282 g/mol. The SMILES string of the molecule is C/C(=N\SC(C)(C)C)c1cccc(Br)c1C. The number of rotatable bonds is 2. The van der Waals surface area contributed by atoms with E-state index in [0.29, 0.717) is 0 Å². The van der Waals surface area contributed by atoms with E-state index in [0.717, 1.165) is 10.2 Å². The van der Waals surface area contributed by atoms with Crippen LogP contribution < -0.4 is 0 Å². The Bertz CT molecular complexity index is 405. The van der Waals surface area contributed by atoms with Crippen molar-refractivity contribution in [3.63, 3.8) is 0 Å².